The van der Waals surface area contributed by atoms with Crippen molar-refractivity contribution in [1.29, 1.82) is 0 Å². The number of nitrogens with zero attached hydrogens (tertiary/aromatic N) is 2. The van der Waals surface area contributed by atoms with Crippen molar-refractivity contribution in [3.63, 3.8) is 0 Å². The van der Waals surface area contributed by atoms with Gasteiger partial charge in [0.1, 0.15) is 6.61 Å². The molecular formula is C21H24N2O. The molecular weight excluding hydrogens is 296 g/mol. The van der Waals surface area contributed by atoms with Crippen molar-refractivity contribution in [3.05, 3.63) is 60.7 Å². The molecule has 0 spiro atoms. The summed E-state index contributed by atoms with van der Waals surface area (Å²) >= 11 is 0. The summed E-state index contributed by atoms with van der Waals surface area (Å²) in [6, 6.07) is 20.7. The highest BCUT2D eigenvalue weighted by Gasteiger charge is 2.09. The van der Waals surface area contributed by atoms with E-state index < -0.39 is 0 Å². The lowest BCUT2D eigenvalue weighted by Crippen LogP contribution is -2.28. The summed E-state index contributed by atoms with van der Waals surface area (Å²) in [5.74, 6) is 0.694. The lowest BCUT2D eigenvalue weighted by Gasteiger charge is -2.18. The van der Waals surface area contributed by atoms with Gasteiger partial charge in [-0.3, -0.25) is 0 Å². The molecule has 0 fully saturated rings. The van der Waals surface area contributed by atoms with Gasteiger partial charge in [0.05, 0.1) is 5.69 Å². The molecule has 3 rings (SSSR count). The summed E-state index contributed by atoms with van der Waals surface area (Å²) in [5, 5.41) is 2.31. The molecule has 2 aromatic carbocycles. The Morgan fingerprint density at radius 1 is 0.917 bits per heavy atom. The van der Waals surface area contributed by atoms with Crippen molar-refractivity contribution in [2.75, 3.05) is 26.2 Å². The maximum atomic E-state index is 5.96. The Kier molecular flexibility index (Phi) is 5.44. The molecule has 0 amide bonds. The Balaban J connectivity index is 1.90. The molecule has 1 heterocycles. The van der Waals surface area contributed by atoms with Crippen molar-refractivity contribution >= 4 is 10.8 Å². The molecule has 0 radical (unpaired) electrons. The standard InChI is InChI=1S/C21H24N2O/c1-3-23(4-2)14-15-24-20-16-18-12-8-9-13-19(18)21(22-20)17-10-6-5-7-11-17/h5-13,16H,3-4,14-15H2,1-2H3. The zero-order valence-electron chi connectivity index (χ0n) is 14.4. The molecule has 0 N–H and O–H groups in total. The molecule has 0 unspecified atom stereocenters. The Morgan fingerprint density at radius 2 is 1.62 bits per heavy atom. The van der Waals surface area contributed by atoms with E-state index in [9.17, 15) is 0 Å². The van der Waals surface area contributed by atoms with Gasteiger partial charge in [-0.15, -0.1) is 0 Å². The van der Waals surface area contributed by atoms with Crippen LogP contribution in [0.1, 0.15) is 13.8 Å². The van der Waals surface area contributed by atoms with Gasteiger partial charge in [-0.2, -0.15) is 0 Å². The van der Waals surface area contributed by atoms with Crippen LogP contribution in [0.25, 0.3) is 22.0 Å². The van der Waals surface area contributed by atoms with E-state index in [0.29, 0.717) is 12.5 Å². The number of pyridine rings is 1. The largest absolute Gasteiger partial charge is 0.476 e. The molecule has 24 heavy (non-hydrogen) atoms. The molecule has 124 valence electrons. The highest BCUT2D eigenvalue weighted by atomic mass is 16.5. The van der Waals surface area contributed by atoms with Crippen LogP contribution in [-0.2, 0) is 0 Å². The number of fused-ring (bicyclic) bond motifs is 1. The molecule has 0 aliphatic carbocycles. The second-order valence-electron chi connectivity index (χ2n) is 5.77. The van der Waals surface area contributed by atoms with Crippen LogP contribution >= 0.6 is 0 Å². The minimum absolute atomic E-state index is 0.654. The third-order valence-electron chi connectivity index (χ3n) is 4.32. The van der Waals surface area contributed by atoms with E-state index >= 15 is 0 Å². The molecule has 0 bridgehead atoms. The monoisotopic (exact) mass is 320 g/mol. The number of likely N-dealkylation sites (N-methyl/N-ethyl adjacent to an activating group) is 1. The Labute approximate surface area is 143 Å². The fraction of sp³-hybridized carbons (Fsp3) is 0.286. The number of ether oxygens (including phenoxy) is 1. The van der Waals surface area contributed by atoms with E-state index in [1.807, 2.05) is 24.3 Å². The topological polar surface area (TPSA) is 25.4 Å². The second kappa shape index (κ2) is 7.93. The molecule has 1 aromatic heterocycles. The average Bonchev–Trinajstić information content (AvgIpc) is 2.65. The van der Waals surface area contributed by atoms with Crippen LogP contribution in [0.15, 0.2) is 60.7 Å². The minimum Gasteiger partial charge on any atom is -0.476 e. The summed E-state index contributed by atoms with van der Waals surface area (Å²) in [6.07, 6.45) is 0. The van der Waals surface area contributed by atoms with Crippen molar-refractivity contribution in [2.24, 2.45) is 0 Å². The first-order chi connectivity index (χ1) is 11.8. The summed E-state index contributed by atoms with van der Waals surface area (Å²) in [4.78, 5) is 7.13. The highest BCUT2D eigenvalue weighted by molar-refractivity contribution is 5.95. The van der Waals surface area contributed by atoms with Gasteiger partial charge in [-0.1, -0.05) is 68.4 Å². The van der Waals surface area contributed by atoms with Crippen molar-refractivity contribution in [2.45, 2.75) is 13.8 Å². The van der Waals surface area contributed by atoms with E-state index in [0.717, 1.165) is 41.7 Å². The van der Waals surface area contributed by atoms with E-state index in [1.54, 1.807) is 0 Å². The fourth-order valence-corrected chi connectivity index (χ4v) is 2.88. The maximum absolute atomic E-state index is 5.96. The maximum Gasteiger partial charge on any atom is 0.214 e. The van der Waals surface area contributed by atoms with Crippen LogP contribution in [-0.4, -0.2) is 36.1 Å². The molecule has 0 saturated carbocycles. The predicted molar refractivity (Wildman–Crippen MR) is 100 cm³/mol. The van der Waals surface area contributed by atoms with Gasteiger partial charge >= 0.3 is 0 Å². The van der Waals surface area contributed by atoms with Gasteiger partial charge in [-0.25, -0.2) is 4.98 Å². The predicted octanol–water partition coefficient (Wildman–Crippen LogP) is 4.62. The zero-order chi connectivity index (χ0) is 16.8. The summed E-state index contributed by atoms with van der Waals surface area (Å²) in [5.41, 5.74) is 2.09. The number of hydrogen-bond donors (Lipinski definition) is 0. The summed E-state index contributed by atoms with van der Waals surface area (Å²) < 4.78 is 5.96. The average molecular weight is 320 g/mol. The van der Waals surface area contributed by atoms with E-state index in [4.69, 9.17) is 9.72 Å². The Hall–Kier alpha value is -2.39. The molecule has 0 aliphatic heterocycles. The quantitative estimate of drug-likeness (QED) is 0.635. The first-order valence-corrected chi connectivity index (χ1v) is 8.62. The van der Waals surface area contributed by atoms with Gasteiger partial charge in [0.25, 0.3) is 0 Å². The normalized spacial score (nSPS) is 11.1. The van der Waals surface area contributed by atoms with Crippen molar-refractivity contribution < 1.29 is 4.74 Å². The smallest absolute Gasteiger partial charge is 0.214 e. The van der Waals surface area contributed by atoms with Crippen LogP contribution in [0.2, 0.25) is 0 Å². The lowest BCUT2D eigenvalue weighted by molar-refractivity contribution is 0.218. The van der Waals surface area contributed by atoms with Gasteiger partial charge in [-0.05, 0) is 18.5 Å². The van der Waals surface area contributed by atoms with E-state index in [-0.39, 0.29) is 0 Å². The Bertz CT molecular complexity index is 782. The fourth-order valence-electron chi connectivity index (χ4n) is 2.88. The highest BCUT2D eigenvalue weighted by Crippen LogP contribution is 2.29. The van der Waals surface area contributed by atoms with Crippen molar-refractivity contribution in [3.8, 4) is 17.1 Å². The molecule has 0 saturated heterocycles. The summed E-state index contributed by atoms with van der Waals surface area (Å²) in [6.45, 7) is 8.00. The third kappa shape index (κ3) is 3.74. The van der Waals surface area contributed by atoms with Crippen LogP contribution in [0.4, 0.5) is 0 Å². The van der Waals surface area contributed by atoms with E-state index in [1.165, 1.54) is 0 Å². The van der Waals surface area contributed by atoms with Gasteiger partial charge in [0, 0.05) is 23.6 Å². The van der Waals surface area contributed by atoms with Crippen LogP contribution in [0.5, 0.6) is 5.88 Å². The van der Waals surface area contributed by atoms with Crippen LogP contribution < -0.4 is 4.74 Å². The third-order valence-corrected chi connectivity index (χ3v) is 4.32. The first-order valence-electron chi connectivity index (χ1n) is 8.62. The molecule has 0 atom stereocenters. The van der Waals surface area contributed by atoms with Crippen LogP contribution in [0, 0.1) is 0 Å². The lowest BCUT2D eigenvalue weighted by atomic mass is 10.0. The van der Waals surface area contributed by atoms with Crippen LogP contribution in [0.3, 0.4) is 0 Å². The van der Waals surface area contributed by atoms with E-state index in [2.05, 4.69) is 55.1 Å². The minimum atomic E-state index is 0.654. The SMILES string of the molecule is CCN(CC)CCOc1cc2ccccc2c(-c2ccccc2)n1. The molecule has 3 nitrogen and oxygen atoms in total. The first kappa shape index (κ1) is 16.5. The molecule has 3 heteroatoms. The van der Waals surface area contributed by atoms with Gasteiger partial charge in [0.2, 0.25) is 5.88 Å². The molecule has 0 aliphatic rings. The number of rotatable bonds is 7. The number of benzene rings is 2. The zero-order valence-corrected chi connectivity index (χ0v) is 14.4. The Morgan fingerprint density at radius 3 is 2.38 bits per heavy atom. The van der Waals surface area contributed by atoms with Gasteiger partial charge < -0.3 is 9.64 Å². The number of hydrogen-bond acceptors (Lipinski definition) is 3. The summed E-state index contributed by atoms with van der Waals surface area (Å²) in [7, 11) is 0. The number of aromatic nitrogens is 1. The van der Waals surface area contributed by atoms with Gasteiger partial charge in [0.15, 0.2) is 0 Å². The molecule has 3 aromatic rings. The van der Waals surface area contributed by atoms with Crippen molar-refractivity contribution in [1.82, 2.24) is 9.88 Å². The second-order valence-corrected chi connectivity index (χ2v) is 5.77.